The van der Waals surface area contributed by atoms with Gasteiger partial charge in [-0.3, -0.25) is 4.79 Å². The van der Waals surface area contributed by atoms with Crippen LogP contribution < -0.4 is 15.4 Å². The third kappa shape index (κ3) is 7.36. The number of carbonyl (C=O) groups is 1. The van der Waals surface area contributed by atoms with E-state index in [1.54, 1.807) is 20.2 Å². The Kier molecular flexibility index (Phi) is 7.32. The van der Waals surface area contributed by atoms with Crippen molar-refractivity contribution in [3.63, 3.8) is 0 Å². The zero-order chi connectivity index (χ0) is 19.9. The van der Waals surface area contributed by atoms with E-state index in [1.165, 1.54) is 23.1 Å². The Hall–Kier alpha value is -2.45. The Bertz CT molecular complexity index is 656. The van der Waals surface area contributed by atoms with Crippen molar-refractivity contribution >= 4 is 11.9 Å². The van der Waals surface area contributed by atoms with Gasteiger partial charge in [-0.05, 0) is 18.9 Å². The van der Waals surface area contributed by atoms with E-state index in [2.05, 4.69) is 20.4 Å². The van der Waals surface area contributed by atoms with Crippen molar-refractivity contribution in [2.45, 2.75) is 44.6 Å². The van der Waals surface area contributed by atoms with Gasteiger partial charge in [-0.15, -0.1) is 13.2 Å². The summed E-state index contributed by atoms with van der Waals surface area (Å²) in [4.78, 5) is 17.6. The molecule has 6 nitrogen and oxygen atoms in total. The minimum atomic E-state index is -4.76. The Morgan fingerprint density at radius 3 is 2.56 bits per heavy atom. The molecule has 1 amide bonds. The number of para-hydroxylation sites is 1. The average molecular weight is 386 g/mol. The Morgan fingerprint density at radius 2 is 1.93 bits per heavy atom. The summed E-state index contributed by atoms with van der Waals surface area (Å²) >= 11 is 0. The molecule has 1 aliphatic rings. The van der Waals surface area contributed by atoms with Gasteiger partial charge < -0.3 is 20.3 Å². The number of hydrogen-bond acceptors (Lipinski definition) is 3. The van der Waals surface area contributed by atoms with Gasteiger partial charge in [0.05, 0.1) is 13.1 Å². The third-order valence-electron chi connectivity index (χ3n) is 4.21. The van der Waals surface area contributed by atoms with Crippen molar-refractivity contribution in [1.82, 2.24) is 15.5 Å². The number of amides is 1. The molecule has 0 radical (unpaired) electrons. The molecule has 0 atom stereocenters. The van der Waals surface area contributed by atoms with Gasteiger partial charge in [-0.25, -0.2) is 4.99 Å². The number of hydrogen-bond donors (Lipinski definition) is 2. The monoisotopic (exact) mass is 386 g/mol. The fourth-order valence-corrected chi connectivity index (χ4v) is 2.76. The molecule has 27 heavy (non-hydrogen) atoms. The average Bonchev–Trinajstić information content (AvgIpc) is 3.09. The van der Waals surface area contributed by atoms with Crippen molar-refractivity contribution in [2.75, 3.05) is 20.6 Å². The van der Waals surface area contributed by atoms with Crippen LogP contribution in [0.2, 0.25) is 0 Å². The van der Waals surface area contributed by atoms with Gasteiger partial charge in [0.1, 0.15) is 5.75 Å². The Balaban J connectivity index is 2.09. The zero-order valence-corrected chi connectivity index (χ0v) is 15.5. The summed E-state index contributed by atoms with van der Waals surface area (Å²) in [6, 6.07) is 6.13. The summed E-state index contributed by atoms with van der Waals surface area (Å²) in [6.07, 6.45) is -0.541. The van der Waals surface area contributed by atoms with E-state index < -0.39 is 6.36 Å². The number of benzene rings is 1. The number of ether oxygens (including phenoxy) is 1. The van der Waals surface area contributed by atoms with E-state index in [4.69, 9.17) is 0 Å². The minimum Gasteiger partial charge on any atom is -0.405 e. The summed E-state index contributed by atoms with van der Waals surface area (Å²) in [5.74, 6) is -0.00558. The molecule has 150 valence electrons. The molecule has 1 aromatic carbocycles. The number of likely N-dealkylation sites (N-methyl/N-ethyl adjacent to an activating group) is 1. The van der Waals surface area contributed by atoms with Gasteiger partial charge in [0.2, 0.25) is 5.91 Å². The van der Waals surface area contributed by atoms with Gasteiger partial charge in [0, 0.05) is 25.7 Å². The van der Waals surface area contributed by atoms with Crippen molar-refractivity contribution in [3.05, 3.63) is 29.8 Å². The van der Waals surface area contributed by atoms with Crippen molar-refractivity contribution in [3.8, 4) is 5.75 Å². The molecule has 0 aromatic heterocycles. The highest BCUT2D eigenvalue weighted by Gasteiger charge is 2.32. The van der Waals surface area contributed by atoms with Crippen molar-refractivity contribution in [2.24, 2.45) is 4.99 Å². The van der Waals surface area contributed by atoms with Crippen molar-refractivity contribution < 1.29 is 22.7 Å². The smallest absolute Gasteiger partial charge is 0.405 e. The molecule has 1 aromatic rings. The fraction of sp³-hybridized carbons (Fsp3) is 0.556. The van der Waals surface area contributed by atoms with E-state index in [9.17, 15) is 18.0 Å². The maximum Gasteiger partial charge on any atom is 0.573 e. The predicted octanol–water partition coefficient (Wildman–Crippen LogP) is 2.65. The molecule has 1 saturated carbocycles. The normalized spacial score (nSPS) is 15.5. The molecule has 2 rings (SSSR count). The van der Waals surface area contributed by atoms with E-state index in [0.29, 0.717) is 11.5 Å². The van der Waals surface area contributed by atoms with E-state index in [1.807, 2.05) is 0 Å². The Morgan fingerprint density at radius 1 is 1.26 bits per heavy atom. The molecule has 0 heterocycles. The predicted molar refractivity (Wildman–Crippen MR) is 96.4 cm³/mol. The maximum absolute atomic E-state index is 12.6. The number of aliphatic imine (C=N–C) groups is 1. The summed E-state index contributed by atoms with van der Waals surface area (Å²) in [7, 11) is 3.30. The lowest BCUT2D eigenvalue weighted by atomic mass is 10.2. The number of nitrogens with zero attached hydrogens (tertiary/aromatic N) is 2. The van der Waals surface area contributed by atoms with Crippen LogP contribution >= 0.6 is 0 Å². The molecule has 1 fully saturated rings. The van der Waals surface area contributed by atoms with Crippen LogP contribution in [-0.2, 0) is 11.3 Å². The lowest BCUT2D eigenvalue weighted by Gasteiger charge is -2.19. The van der Waals surface area contributed by atoms with E-state index in [0.717, 1.165) is 25.7 Å². The van der Waals surface area contributed by atoms with Gasteiger partial charge in [0.25, 0.3) is 0 Å². The first kappa shape index (κ1) is 20.9. The summed E-state index contributed by atoms with van der Waals surface area (Å²) in [5.41, 5.74) is 0.307. The topological polar surface area (TPSA) is 66.0 Å². The van der Waals surface area contributed by atoms with Crippen molar-refractivity contribution in [1.29, 1.82) is 0 Å². The van der Waals surface area contributed by atoms with Crippen LogP contribution in [0, 0.1) is 0 Å². The summed E-state index contributed by atoms with van der Waals surface area (Å²) in [5, 5.41) is 6.20. The first-order valence-corrected chi connectivity index (χ1v) is 8.83. The van der Waals surface area contributed by atoms with Gasteiger partial charge in [-0.1, -0.05) is 31.0 Å². The van der Waals surface area contributed by atoms with E-state index in [-0.39, 0.29) is 30.8 Å². The minimum absolute atomic E-state index is 0.00946. The molecule has 0 unspecified atom stereocenters. The molecule has 0 aliphatic heterocycles. The lowest BCUT2D eigenvalue weighted by Crippen LogP contribution is -2.46. The van der Waals surface area contributed by atoms with Gasteiger partial charge in [-0.2, -0.15) is 0 Å². The molecule has 2 N–H and O–H groups in total. The first-order valence-electron chi connectivity index (χ1n) is 8.83. The van der Waals surface area contributed by atoms with Crippen LogP contribution in [0.15, 0.2) is 29.3 Å². The molecule has 0 bridgehead atoms. The van der Waals surface area contributed by atoms with Crippen LogP contribution in [0.25, 0.3) is 0 Å². The zero-order valence-electron chi connectivity index (χ0n) is 15.5. The second-order valence-corrected chi connectivity index (χ2v) is 6.59. The largest absolute Gasteiger partial charge is 0.573 e. The van der Waals surface area contributed by atoms with Crippen LogP contribution in [0.3, 0.4) is 0 Å². The maximum atomic E-state index is 12.6. The number of guanidine groups is 1. The number of nitrogens with one attached hydrogen (secondary N) is 2. The molecule has 0 saturated heterocycles. The van der Waals surface area contributed by atoms with Crippen LogP contribution in [0.1, 0.15) is 31.2 Å². The van der Waals surface area contributed by atoms with Crippen LogP contribution in [0.5, 0.6) is 5.75 Å². The molecule has 1 aliphatic carbocycles. The first-order chi connectivity index (χ1) is 12.7. The summed E-state index contributed by atoms with van der Waals surface area (Å²) in [6.45, 7) is 0.0384. The standard InChI is InChI=1S/C18H25F3N4O2/c1-25(2)16(26)12-23-17(24-14-8-4-5-9-14)22-11-13-7-3-6-10-15(13)27-18(19,20)21/h3,6-7,10,14H,4-5,8-9,11-12H2,1-2H3,(H2,22,23,24). The lowest BCUT2D eigenvalue weighted by molar-refractivity contribution is -0.274. The highest BCUT2D eigenvalue weighted by Crippen LogP contribution is 2.26. The van der Waals surface area contributed by atoms with Crippen LogP contribution in [0.4, 0.5) is 13.2 Å². The second-order valence-electron chi connectivity index (χ2n) is 6.59. The molecule has 0 spiro atoms. The summed E-state index contributed by atoms with van der Waals surface area (Å²) < 4.78 is 41.7. The molecular weight excluding hydrogens is 361 g/mol. The third-order valence-corrected chi connectivity index (χ3v) is 4.21. The second kappa shape index (κ2) is 9.48. The number of carbonyl (C=O) groups excluding carboxylic acids is 1. The highest BCUT2D eigenvalue weighted by atomic mass is 19.4. The number of alkyl halides is 3. The van der Waals surface area contributed by atoms with E-state index >= 15 is 0 Å². The molecule has 9 heteroatoms. The fourth-order valence-electron chi connectivity index (χ4n) is 2.76. The highest BCUT2D eigenvalue weighted by molar-refractivity contribution is 5.86. The van der Waals surface area contributed by atoms with Gasteiger partial charge in [0.15, 0.2) is 5.96 Å². The number of rotatable bonds is 6. The number of halogens is 3. The quantitative estimate of drug-likeness (QED) is 0.583. The van der Waals surface area contributed by atoms with Crippen LogP contribution in [-0.4, -0.2) is 49.8 Å². The SMILES string of the molecule is CN(C)C(=O)CNC(=NCc1ccccc1OC(F)(F)F)NC1CCCC1. The van der Waals surface area contributed by atoms with Gasteiger partial charge >= 0.3 is 6.36 Å². The Labute approximate surface area is 156 Å². The molecular formula is C18H25F3N4O2.